The molecular weight excluding hydrogens is 309 g/mol. The zero-order chi connectivity index (χ0) is 15.0. The second kappa shape index (κ2) is 5.70. The first-order valence-electron chi connectivity index (χ1n) is 6.75. The average Bonchev–Trinajstić information content (AvgIpc) is 3.15. The molecule has 3 rings (SSSR count). The molecular formula is C15H15Cl2N3O. The van der Waals surface area contributed by atoms with Crippen LogP contribution in [0.4, 0.5) is 0 Å². The van der Waals surface area contributed by atoms with Crippen LogP contribution in [0.1, 0.15) is 23.5 Å². The molecule has 2 aromatic rings. The number of benzene rings is 1. The minimum Gasteiger partial charge on any atom is -0.352 e. The highest BCUT2D eigenvalue weighted by atomic mass is 35.5. The van der Waals surface area contributed by atoms with Gasteiger partial charge in [0.25, 0.3) is 0 Å². The maximum absolute atomic E-state index is 12.2. The molecule has 21 heavy (non-hydrogen) atoms. The highest BCUT2D eigenvalue weighted by molar-refractivity contribution is 6.42. The summed E-state index contributed by atoms with van der Waals surface area (Å²) in [6, 6.07) is 5.56. The Kier molecular flexibility index (Phi) is 3.91. The number of aryl methyl sites for hydroxylation is 1. The number of hydrogen-bond acceptors (Lipinski definition) is 2. The molecule has 1 heterocycles. The number of aromatic nitrogens is 2. The molecule has 6 heteroatoms. The quantitative estimate of drug-likeness (QED) is 0.939. The molecule has 1 aromatic carbocycles. The van der Waals surface area contributed by atoms with Gasteiger partial charge in [0.1, 0.15) is 0 Å². The Balaban J connectivity index is 1.59. The van der Waals surface area contributed by atoms with Crippen molar-refractivity contribution in [2.75, 3.05) is 0 Å². The topological polar surface area (TPSA) is 46.9 Å². The van der Waals surface area contributed by atoms with Gasteiger partial charge in [-0.15, -0.1) is 0 Å². The van der Waals surface area contributed by atoms with Crippen molar-refractivity contribution in [1.82, 2.24) is 15.1 Å². The highest BCUT2D eigenvalue weighted by Crippen LogP contribution is 2.50. The fraction of sp³-hybridized carbons (Fsp3) is 0.333. The number of amides is 1. The van der Waals surface area contributed by atoms with Crippen LogP contribution in [0.25, 0.3) is 0 Å². The Labute approximate surface area is 133 Å². The van der Waals surface area contributed by atoms with Crippen molar-refractivity contribution in [1.29, 1.82) is 0 Å². The van der Waals surface area contributed by atoms with Crippen molar-refractivity contribution in [3.63, 3.8) is 0 Å². The molecule has 2 atom stereocenters. The van der Waals surface area contributed by atoms with Gasteiger partial charge in [-0.2, -0.15) is 5.10 Å². The summed E-state index contributed by atoms with van der Waals surface area (Å²) in [5, 5.41) is 8.11. The van der Waals surface area contributed by atoms with Gasteiger partial charge in [0.05, 0.1) is 16.2 Å². The van der Waals surface area contributed by atoms with E-state index >= 15 is 0 Å². The molecule has 1 aliphatic rings. The van der Waals surface area contributed by atoms with Gasteiger partial charge in [-0.1, -0.05) is 35.3 Å². The van der Waals surface area contributed by atoms with Crippen molar-refractivity contribution in [3.8, 4) is 0 Å². The first-order valence-corrected chi connectivity index (χ1v) is 7.51. The normalized spacial score (nSPS) is 20.3. The molecule has 0 spiro atoms. The van der Waals surface area contributed by atoms with E-state index in [1.807, 2.05) is 25.4 Å². The van der Waals surface area contributed by atoms with Gasteiger partial charge in [0.2, 0.25) is 5.91 Å². The van der Waals surface area contributed by atoms with Crippen LogP contribution in [0.5, 0.6) is 0 Å². The van der Waals surface area contributed by atoms with Crippen LogP contribution in [0.2, 0.25) is 10.0 Å². The van der Waals surface area contributed by atoms with Crippen molar-refractivity contribution < 1.29 is 4.79 Å². The third-order valence-electron chi connectivity index (χ3n) is 3.73. The van der Waals surface area contributed by atoms with Crippen molar-refractivity contribution in [3.05, 3.63) is 51.8 Å². The summed E-state index contributed by atoms with van der Waals surface area (Å²) >= 11 is 12.2. The Morgan fingerprint density at radius 2 is 2.29 bits per heavy atom. The molecule has 0 radical (unpaired) electrons. The maximum atomic E-state index is 12.2. The average molecular weight is 324 g/mol. The largest absolute Gasteiger partial charge is 0.352 e. The minimum absolute atomic E-state index is 0.0161. The van der Waals surface area contributed by atoms with Crippen molar-refractivity contribution >= 4 is 29.1 Å². The van der Waals surface area contributed by atoms with E-state index in [1.165, 1.54) is 0 Å². The number of carbonyl (C=O) groups is 1. The summed E-state index contributed by atoms with van der Waals surface area (Å²) in [5.41, 5.74) is 1.95. The molecule has 0 unspecified atom stereocenters. The van der Waals surface area contributed by atoms with Crippen LogP contribution < -0.4 is 5.32 Å². The molecule has 1 aromatic heterocycles. The second-order valence-electron chi connectivity index (χ2n) is 5.33. The second-order valence-corrected chi connectivity index (χ2v) is 6.12. The Morgan fingerprint density at radius 1 is 1.48 bits per heavy atom. The van der Waals surface area contributed by atoms with Gasteiger partial charge < -0.3 is 5.32 Å². The summed E-state index contributed by atoms with van der Waals surface area (Å²) in [4.78, 5) is 12.2. The SMILES string of the molecule is Cn1cc(CNC(=O)[C@@H]2C[C@H]2c2cccc(Cl)c2Cl)cn1. The summed E-state index contributed by atoms with van der Waals surface area (Å²) in [6.45, 7) is 0.499. The zero-order valence-corrected chi connectivity index (χ0v) is 13.0. The fourth-order valence-electron chi connectivity index (χ4n) is 2.52. The number of carbonyl (C=O) groups excluding carboxylic acids is 1. The first-order chi connectivity index (χ1) is 10.1. The van der Waals surface area contributed by atoms with Gasteiger partial charge in [-0.25, -0.2) is 0 Å². The number of nitrogens with zero attached hydrogens (tertiary/aromatic N) is 2. The Morgan fingerprint density at radius 3 is 3.00 bits per heavy atom. The van der Waals surface area contributed by atoms with E-state index in [2.05, 4.69) is 10.4 Å². The standard InChI is InChI=1S/C15H15Cl2N3O/c1-20-8-9(7-19-20)6-18-15(21)12-5-11(12)10-3-2-4-13(16)14(10)17/h2-4,7-8,11-12H,5-6H2,1H3,(H,18,21)/t11-,12+/m0/s1. The molecule has 1 fully saturated rings. The van der Waals surface area contributed by atoms with Gasteiger partial charge in [0, 0.05) is 31.3 Å². The minimum atomic E-state index is -0.0161. The molecule has 110 valence electrons. The molecule has 0 saturated heterocycles. The van der Waals surface area contributed by atoms with E-state index in [-0.39, 0.29) is 17.7 Å². The molecule has 1 saturated carbocycles. The predicted molar refractivity (Wildman–Crippen MR) is 82.4 cm³/mol. The van der Waals surface area contributed by atoms with Crippen LogP contribution in [0.3, 0.4) is 0 Å². The van der Waals surface area contributed by atoms with Gasteiger partial charge >= 0.3 is 0 Å². The monoisotopic (exact) mass is 323 g/mol. The van der Waals surface area contributed by atoms with E-state index in [1.54, 1.807) is 16.9 Å². The Bertz CT molecular complexity index is 683. The van der Waals surface area contributed by atoms with E-state index in [0.29, 0.717) is 16.6 Å². The van der Waals surface area contributed by atoms with Crippen LogP contribution in [-0.4, -0.2) is 15.7 Å². The zero-order valence-electron chi connectivity index (χ0n) is 11.5. The molecule has 1 aliphatic carbocycles. The molecule has 1 N–H and O–H groups in total. The third-order valence-corrected chi connectivity index (χ3v) is 4.57. The van der Waals surface area contributed by atoms with Gasteiger partial charge in [-0.3, -0.25) is 9.48 Å². The molecule has 0 bridgehead atoms. The lowest BCUT2D eigenvalue weighted by molar-refractivity contribution is -0.122. The van der Waals surface area contributed by atoms with Crippen molar-refractivity contribution in [2.45, 2.75) is 18.9 Å². The smallest absolute Gasteiger partial charge is 0.224 e. The Hall–Kier alpha value is -1.52. The van der Waals surface area contributed by atoms with E-state index in [0.717, 1.165) is 17.5 Å². The summed E-state index contributed by atoms with van der Waals surface area (Å²) in [7, 11) is 1.85. The van der Waals surface area contributed by atoms with Crippen LogP contribution >= 0.6 is 23.2 Å². The summed E-state index contributed by atoms with van der Waals surface area (Å²) < 4.78 is 1.72. The number of halogens is 2. The van der Waals surface area contributed by atoms with E-state index < -0.39 is 0 Å². The lowest BCUT2D eigenvalue weighted by Gasteiger charge is -2.06. The predicted octanol–water partition coefficient (Wildman–Crippen LogP) is 3.15. The molecule has 0 aliphatic heterocycles. The lowest BCUT2D eigenvalue weighted by Crippen LogP contribution is -2.24. The number of rotatable bonds is 4. The molecule has 1 amide bonds. The van der Waals surface area contributed by atoms with Gasteiger partial charge in [-0.05, 0) is 24.0 Å². The number of hydrogen-bond donors (Lipinski definition) is 1. The summed E-state index contributed by atoms with van der Waals surface area (Å²) in [6.07, 6.45) is 4.45. The van der Waals surface area contributed by atoms with Crippen LogP contribution in [0.15, 0.2) is 30.6 Å². The maximum Gasteiger partial charge on any atom is 0.224 e. The van der Waals surface area contributed by atoms with E-state index in [4.69, 9.17) is 23.2 Å². The van der Waals surface area contributed by atoms with Crippen LogP contribution in [-0.2, 0) is 18.4 Å². The summed E-state index contributed by atoms with van der Waals surface area (Å²) in [5.74, 6) is 0.211. The lowest BCUT2D eigenvalue weighted by atomic mass is 10.1. The fourth-order valence-corrected chi connectivity index (χ4v) is 2.97. The first kappa shape index (κ1) is 14.4. The van der Waals surface area contributed by atoms with Crippen LogP contribution in [0, 0.1) is 5.92 Å². The van der Waals surface area contributed by atoms with Crippen molar-refractivity contribution in [2.24, 2.45) is 13.0 Å². The van der Waals surface area contributed by atoms with Gasteiger partial charge in [0.15, 0.2) is 0 Å². The highest BCUT2D eigenvalue weighted by Gasteiger charge is 2.44. The third kappa shape index (κ3) is 3.06. The molecule has 4 nitrogen and oxygen atoms in total. The number of nitrogens with one attached hydrogen (secondary N) is 1. The van der Waals surface area contributed by atoms with E-state index in [9.17, 15) is 4.79 Å².